The third-order valence-corrected chi connectivity index (χ3v) is 4.81. The molecule has 0 fully saturated rings. The predicted octanol–water partition coefficient (Wildman–Crippen LogP) is 4.25. The van der Waals surface area contributed by atoms with Crippen LogP contribution in [0.2, 0.25) is 0 Å². The zero-order chi connectivity index (χ0) is 18.5. The SMILES string of the molecule is O=C(CCc1ccc2c(c1)OCCCO2)NCc1cccc2ccccc12. The molecule has 1 N–H and O–H groups in total. The number of carbonyl (C=O) groups is 1. The fraction of sp³-hybridized carbons (Fsp3) is 0.261. The molecule has 3 aromatic rings. The largest absolute Gasteiger partial charge is 0.490 e. The average molecular weight is 361 g/mol. The first-order valence-electron chi connectivity index (χ1n) is 9.41. The number of hydrogen-bond donors (Lipinski definition) is 1. The number of ether oxygens (including phenoxy) is 2. The molecule has 4 rings (SSSR count). The summed E-state index contributed by atoms with van der Waals surface area (Å²) in [4.78, 5) is 12.3. The molecule has 4 heteroatoms. The van der Waals surface area contributed by atoms with Crippen molar-refractivity contribution in [2.75, 3.05) is 13.2 Å². The molecule has 0 atom stereocenters. The Kier molecular flexibility index (Phi) is 5.24. The molecule has 1 aliphatic heterocycles. The van der Waals surface area contributed by atoms with Gasteiger partial charge in [0.1, 0.15) is 0 Å². The topological polar surface area (TPSA) is 47.6 Å². The van der Waals surface area contributed by atoms with Gasteiger partial charge in [-0.15, -0.1) is 0 Å². The first-order chi connectivity index (χ1) is 13.3. The maximum absolute atomic E-state index is 12.3. The van der Waals surface area contributed by atoms with E-state index >= 15 is 0 Å². The average Bonchev–Trinajstić information content (AvgIpc) is 2.95. The first kappa shape index (κ1) is 17.4. The Morgan fingerprint density at radius 2 is 1.74 bits per heavy atom. The summed E-state index contributed by atoms with van der Waals surface area (Å²) in [7, 11) is 0. The van der Waals surface area contributed by atoms with Crippen LogP contribution in [-0.2, 0) is 17.8 Å². The number of carbonyl (C=O) groups excluding carboxylic acids is 1. The molecule has 0 unspecified atom stereocenters. The van der Waals surface area contributed by atoms with E-state index in [1.54, 1.807) is 0 Å². The molecule has 4 nitrogen and oxygen atoms in total. The van der Waals surface area contributed by atoms with Crippen molar-refractivity contribution in [1.82, 2.24) is 5.32 Å². The third-order valence-electron chi connectivity index (χ3n) is 4.81. The van der Waals surface area contributed by atoms with Gasteiger partial charge in [-0.2, -0.15) is 0 Å². The molecular formula is C23H23NO3. The molecule has 0 saturated carbocycles. The molecule has 0 saturated heterocycles. The van der Waals surface area contributed by atoms with E-state index in [1.807, 2.05) is 36.4 Å². The fourth-order valence-electron chi connectivity index (χ4n) is 3.35. The Balaban J connectivity index is 1.34. The van der Waals surface area contributed by atoms with Crippen molar-refractivity contribution >= 4 is 16.7 Å². The van der Waals surface area contributed by atoms with Crippen LogP contribution in [0.15, 0.2) is 60.7 Å². The summed E-state index contributed by atoms with van der Waals surface area (Å²) in [6, 6.07) is 20.3. The van der Waals surface area contributed by atoms with Gasteiger partial charge in [-0.3, -0.25) is 4.79 Å². The molecule has 0 radical (unpaired) electrons. The number of aryl methyl sites for hydroxylation is 1. The summed E-state index contributed by atoms with van der Waals surface area (Å²) < 4.78 is 11.4. The van der Waals surface area contributed by atoms with E-state index in [9.17, 15) is 4.79 Å². The highest BCUT2D eigenvalue weighted by Gasteiger charge is 2.11. The maximum atomic E-state index is 12.3. The predicted molar refractivity (Wildman–Crippen MR) is 106 cm³/mol. The van der Waals surface area contributed by atoms with E-state index in [4.69, 9.17) is 9.47 Å². The molecular weight excluding hydrogens is 338 g/mol. The van der Waals surface area contributed by atoms with Gasteiger partial charge in [-0.1, -0.05) is 48.5 Å². The van der Waals surface area contributed by atoms with Crippen molar-refractivity contribution in [1.29, 1.82) is 0 Å². The summed E-state index contributed by atoms with van der Waals surface area (Å²) in [5, 5.41) is 5.41. The van der Waals surface area contributed by atoms with Crippen LogP contribution in [0, 0.1) is 0 Å². The Morgan fingerprint density at radius 1 is 0.926 bits per heavy atom. The van der Waals surface area contributed by atoms with Crippen LogP contribution >= 0.6 is 0 Å². The van der Waals surface area contributed by atoms with E-state index in [-0.39, 0.29) is 5.91 Å². The lowest BCUT2D eigenvalue weighted by molar-refractivity contribution is -0.121. The maximum Gasteiger partial charge on any atom is 0.220 e. The van der Waals surface area contributed by atoms with Gasteiger partial charge < -0.3 is 14.8 Å². The van der Waals surface area contributed by atoms with Crippen molar-refractivity contribution in [2.24, 2.45) is 0 Å². The van der Waals surface area contributed by atoms with Crippen molar-refractivity contribution in [3.63, 3.8) is 0 Å². The number of rotatable bonds is 5. The van der Waals surface area contributed by atoms with E-state index < -0.39 is 0 Å². The lowest BCUT2D eigenvalue weighted by Gasteiger charge is -2.10. The highest BCUT2D eigenvalue weighted by atomic mass is 16.5. The molecule has 1 amide bonds. The van der Waals surface area contributed by atoms with E-state index in [0.717, 1.165) is 29.0 Å². The second-order valence-corrected chi connectivity index (χ2v) is 6.75. The smallest absolute Gasteiger partial charge is 0.220 e. The van der Waals surface area contributed by atoms with Crippen LogP contribution in [0.1, 0.15) is 24.0 Å². The summed E-state index contributed by atoms with van der Waals surface area (Å²) >= 11 is 0. The van der Waals surface area contributed by atoms with Gasteiger partial charge in [0.25, 0.3) is 0 Å². The number of nitrogens with one attached hydrogen (secondary N) is 1. The monoisotopic (exact) mass is 361 g/mol. The van der Waals surface area contributed by atoms with Crippen molar-refractivity contribution in [3.8, 4) is 11.5 Å². The van der Waals surface area contributed by atoms with Gasteiger partial charge in [0.05, 0.1) is 13.2 Å². The summed E-state index contributed by atoms with van der Waals surface area (Å²) in [6.07, 6.45) is 2.02. The van der Waals surface area contributed by atoms with Crippen LogP contribution in [0.5, 0.6) is 11.5 Å². The second-order valence-electron chi connectivity index (χ2n) is 6.75. The standard InChI is InChI=1S/C23H23NO3/c25-23(24-16-19-7-3-6-18-5-1-2-8-20(18)19)12-10-17-9-11-21-22(15-17)27-14-4-13-26-21/h1-3,5-9,11,15H,4,10,12-14,16H2,(H,24,25). The second kappa shape index (κ2) is 8.12. The molecule has 1 heterocycles. The molecule has 0 spiro atoms. The molecule has 138 valence electrons. The van der Waals surface area contributed by atoms with E-state index in [0.29, 0.717) is 32.6 Å². The van der Waals surface area contributed by atoms with Gasteiger partial charge in [0.15, 0.2) is 11.5 Å². The van der Waals surface area contributed by atoms with E-state index in [1.165, 1.54) is 10.8 Å². The minimum absolute atomic E-state index is 0.0510. The van der Waals surface area contributed by atoms with Gasteiger partial charge in [0.2, 0.25) is 5.91 Å². The fourth-order valence-corrected chi connectivity index (χ4v) is 3.35. The number of amides is 1. The molecule has 27 heavy (non-hydrogen) atoms. The van der Waals surface area contributed by atoms with Gasteiger partial charge in [-0.05, 0) is 40.5 Å². The molecule has 1 aliphatic rings. The molecule has 0 bridgehead atoms. The third kappa shape index (κ3) is 4.22. The first-order valence-corrected chi connectivity index (χ1v) is 9.41. The van der Waals surface area contributed by atoms with E-state index in [2.05, 4.69) is 29.6 Å². The summed E-state index contributed by atoms with van der Waals surface area (Å²) in [6.45, 7) is 1.90. The van der Waals surface area contributed by atoms with Crippen LogP contribution < -0.4 is 14.8 Å². The minimum atomic E-state index is 0.0510. The van der Waals surface area contributed by atoms with Crippen LogP contribution in [0.3, 0.4) is 0 Å². The van der Waals surface area contributed by atoms with Gasteiger partial charge in [0, 0.05) is 19.4 Å². The van der Waals surface area contributed by atoms with Crippen LogP contribution in [0.4, 0.5) is 0 Å². The Bertz CT molecular complexity index is 946. The van der Waals surface area contributed by atoms with Crippen LogP contribution in [-0.4, -0.2) is 19.1 Å². The zero-order valence-electron chi connectivity index (χ0n) is 15.2. The molecule has 0 aliphatic carbocycles. The van der Waals surface area contributed by atoms with Crippen LogP contribution in [0.25, 0.3) is 10.8 Å². The lowest BCUT2D eigenvalue weighted by atomic mass is 10.0. The van der Waals surface area contributed by atoms with Gasteiger partial charge in [-0.25, -0.2) is 0 Å². The molecule has 3 aromatic carbocycles. The van der Waals surface area contributed by atoms with Crippen molar-refractivity contribution in [3.05, 3.63) is 71.8 Å². The summed E-state index contributed by atoms with van der Waals surface area (Å²) in [5.74, 6) is 1.62. The summed E-state index contributed by atoms with van der Waals surface area (Å²) in [5.41, 5.74) is 2.22. The van der Waals surface area contributed by atoms with Gasteiger partial charge >= 0.3 is 0 Å². The number of fused-ring (bicyclic) bond motifs is 2. The Morgan fingerprint density at radius 3 is 2.67 bits per heavy atom. The zero-order valence-corrected chi connectivity index (χ0v) is 15.2. The Hall–Kier alpha value is -3.01. The highest BCUT2D eigenvalue weighted by Crippen LogP contribution is 2.30. The molecule has 0 aromatic heterocycles. The van der Waals surface area contributed by atoms with Crippen molar-refractivity contribution < 1.29 is 14.3 Å². The van der Waals surface area contributed by atoms with Crippen molar-refractivity contribution in [2.45, 2.75) is 25.8 Å². The lowest BCUT2D eigenvalue weighted by Crippen LogP contribution is -2.23. The number of hydrogen-bond acceptors (Lipinski definition) is 3. The number of benzene rings is 3. The minimum Gasteiger partial charge on any atom is -0.490 e. The Labute approximate surface area is 159 Å². The quantitative estimate of drug-likeness (QED) is 0.739. The highest BCUT2D eigenvalue weighted by molar-refractivity contribution is 5.86. The normalized spacial score (nSPS) is 13.2.